The monoisotopic (exact) mass is 266 g/mol. The first kappa shape index (κ1) is 12.1. The summed E-state index contributed by atoms with van der Waals surface area (Å²) in [7, 11) is 0. The molecule has 0 heterocycles. The molecule has 0 saturated heterocycles. The van der Waals surface area contributed by atoms with Gasteiger partial charge in [0.05, 0.1) is 10.7 Å². The van der Waals surface area contributed by atoms with E-state index in [1.54, 1.807) is 0 Å². The number of hydrogen-bond donors (Lipinski definition) is 2. The highest BCUT2D eigenvalue weighted by molar-refractivity contribution is 6.35. The molecule has 0 aromatic heterocycles. The van der Waals surface area contributed by atoms with Crippen molar-refractivity contribution in [3.63, 3.8) is 0 Å². The molecule has 0 bridgehead atoms. The highest BCUT2D eigenvalue weighted by atomic mass is 35.5. The fourth-order valence-electron chi connectivity index (χ4n) is 1.46. The number of aryl methyl sites for hydroxylation is 1. The van der Waals surface area contributed by atoms with Gasteiger partial charge in [-0.25, -0.2) is 0 Å². The second kappa shape index (κ2) is 4.86. The molecule has 2 rings (SSSR count). The molecule has 2 aromatic rings. The fraction of sp³-hybridized carbons (Fsp3) is 0.0769. The third kappa shape index (κ3) is 2.84. The van der Waals surface area contributed by atoms with Gasteiger partial charge in [-0.1, -0.05) is 23.2 Å². The van der Waals surface area contributed by atoms with E-state index < -0.39 is 0 Å². The summed E-state index contributed by atoms with van der Waals surface area (Å²) in [6.07, 6.45) is 0. The summed E-state index contributed by atoms with van der Waals surface area (Å²) in [5.74, 6) is 0. The van der Waals surface area contributed by atoms with Crippen molar-refractivity contribution in [1.29, 1.82) is 0 Å². The Labute approximate surface area is 110 Å². The highest BCUT2D eigenvalue weighted by Crippen LogP contribution is 2.31. The molecule has 0 unspecified atom stereocenters. The first-order chi connectivity index (χ1) is 8.06. The van der Waals surface area contributed by atoms with E-state index >= 15 is 0 Å². The maximum atomic E-state index is 6.14. The molecule has 4 heteroatoms. The summed E-state index contributed by atoms with van der Waals surface area (Å²) in [6, 6.07) is 11.1. The molecule has 2 nitrogen and oxygen atoms in total. The Kier molecular flexibility index (Phi) is 3.46. The molecule has 0 aliphatic carbocycles. The molecule has 0 aliphatic rings. The maximum Gasteiger partial charge on any atom is 0.0644 e. The van der Waals surface area contributed by atoms with Crippen LogP contribution in [0.15, 0.2) is 36.4 Å². The lowest BCUT2D eigenvalue weighted by Gasteiger charge is -2.10. The Morgan fingerprint density at radius 2 is 1.65 bits per heavy atom. The van der Waals surface area contributed by atoms with Crippen LogP contribution in [0.1, 0.15) is 5.56 Å². The van der Waals surface area contributed by atoms with Crippen LogP contribution in [0.3, 0.4) is 0 Å². The standard InChI is InChI=1S/C13H12Cl2N2/c1-8-6-12(15)13(7-11(8)14)17-10-4-2-9(16)3-5-10/h2-7,17H,16H2,1H3. The second-order valence-corrected chi connectivity index (χ2v) is 4.64. The molecular formula is C13H12Cl2N2. The molecule has 0 fully saturated rings. The summed E-state index contributed by atoms with van der Waals surface area (Å²) in [5.41, 5.74) is 9.00. The number of anilines is 3. The first-order valence-corrected chi connectivity index (χ1v) is 5.90. The maximum absolute atomic E-state index is 6.14. The van der Waals surface area contributed by atoms with Crippen molar-refractivity contribution in [2.24, 2.45) is 0 Å². The van der Waals surface area contributed by atoms with E-state index in [9.17, 15) is 0 Å². The van der Waals surface area contributed by atoms with Gasteiger partial charge in [-0.05, 0) is 48.9 Å². The quantitative estimate of drug-likeness (QED) is 0.778. The van der Waals surface area contributed by atoms with Gasteiger partial charge in [0.2, 0.25) is 0 Å². The van der Waals surface area contributed by atoms with Crippen molar-refractivity contribution in [1.82, 2.24) is 0 Å². The van der Waals surface area contributed by atoms with Gasteiger partial charge in [-0.2, -0.15) is 0 Å². The number of benzene rings is 2. The highest BCUT2D eigenvalue weighted by Gasteiger charge is 2.04. The lowest BCUT2D eigenvalue weighted by atomic mass is 10.2. The van der Waals surface area contributed by atoms with Gasteiger partial charge in [0, 0.05) is 16.4 Å². The summed E-state index contributed by atoms with van der Waals surface area (Å²) in [5, 5.41) is 4.53. The van der Waals surface area contributed by atoms with Crippen molar-refractivity contribution in [3.05, 3.63) is 52.0 Å². The van der Waals surface area contributed by atoms with Crippen LogP contribution in [-0.2, 0) is 0 Å². The predicted molar refractivity (Wildman–Crippen MR) is 75.3 cm³/mol. The molecule has 0 amide bonds. The molecule has 0 saturated carbocycles. The Bertz CT molecular complexity index is 536. The molecule has 0 spiro atoms. The normalized spacial score (nSPS) is 10.3. The van der Waals surface area contributed by atoms with Crippen LogP contribution in [0.5, 0.6) is 0 Å². The van der Waals surface area contributed by atoms with Gasteiger partial charge in [-0.3, -0.25) is 0 Å². The van der Waals surface area contributed by atoms with Gasteiger partial charge in [-0.15, -0.1) is 0 Å². The smallest absolute Gasteiger partial charge is 0.0644 e. The topological polar surface area (TPSA) is 38.0 Å². The molecule has 0 atom stereocenters. The van der Waals surface area contributed by atoms with E-state index in [2.05, 4.69) is 5.32 Å². The largest absolute Gasteiger partial charge is 0.399 e. The number of halogens is 2. The van der Waals surface area contributed by atoms with Crippen LogP contribution < -0.4 is 11.1 Å². The Hall–Kier alpha value is -1.38. The Morgan fingerprint density at radius 3 is 2.29 bits per heavy atom. The Morgan fingerprint density at radius 1 is 1.00 bits per heavy atom. The van der Waals surface area contributed by atoms with Crippen molar-refractivity contribution in [2.75, 3.05) is 11.1 Å². The third-order valence-electron chi connectivity index (χ3n) is 2.44. The van der Waals surface area contributed by atoms with E-state index in [1.807, 2.05) is 43.3 Å². The molecule has 3 N–H and O–H groups in total. The first-order valence-electron chi connectivity index (χ1n) is 5.14. The van der Waals surface area contributed by atoms with Crippen molar-refractivity contribution >= 4 is 40.3 Å². The fourth-order valence-corrected chi connectivity index (χ4v) is 1.89. The van der Waals surface area contributed by atoms with E-state index in [0.717, 1.165) is 22.6 Å². The lowest BCUT2D eigenvalue weighted by molar-refractivity contribution is 1.45. The Balaban J connectivity index is 2.30. The molecular weight excluding hydrogens is 255 g/mol. The van der Waals surface area contributed by atoms with Gasteiger partial charge < -0.3 is 11.1 Å². The number of nitrogen functional groups attached to an aromatic ring is 1. The lowest BCUT2D eigenvalue weighted by Crippen LogP contribution is -1.93. The third-order valence-corrected chi connectivity index (χ3v) is 3.16. The van der Waals surface area contributed by atoms with Gasteiger partial charge in [0.1, 0.15) is 0 Å². The van der Waals surface area contributed by atoms with E-state index in [-0.39, 0.29) is 0 Å². The summed E-state index contributed by atoms with van der Waals surface area (Å²) in [6.45, 7) is 1.92. The summed E-state index contributed by atoms with van der Waals surface area (Å²) in [4.78, 5) is 0. The molecule has 17 heavy (non-hydrogen) atoms. The van der Waals surface area contributed by atoms with Crippen LogP contribution >= 0.6 is 23.2 Å². The molecule has 2 aromatic carbocycles. The number of rotatable bonds is 2. The SMILES string of the molecule is Cc1cc(Cl)c(Nc2ccc(N)cc2)cc1Cl. The minimum atomic E-state index is 0.642. The number of nitrogens with one attached hydrogen (secondary N) is 1. The van der Waals surface area contributed by atoms with E-state index in [1.165, 1.54) is 0 Å². The van der Waals surface area contributed by atoms with E-state index in [0.29, 0.717) is 10.0 Å². The van der Waals surface area contributed by atoms with Gasteiger partial charge in [0.25, 0.3) is 0 Å². The predicted octanol–water partition coefficient (Wildman–Crippen LogP) is 4.63. The zero-order valence-corrected chi connectivity index (χ0v) is 10.8. The van der Waals surface area contributed by atoms with Crippen LogP contribution in [0.4, 0.5) is 17.1 Å². The van der Waals surface area contributed by atoms with Crippen molar-refractivity contribution in [3.8, 4) is 0 Å². The summed E-state index contributed by atoms with van der Waals surface area (Å²) >= 11 is 12.2. The van der Waals surface area contributed by atoms with Gasteiger partial charge >= 0.3 is 0 Å². The molecule has 0 radical (unpaired) electrons. The zero-order chi connectivity index (χ0) is 12.4. The van der Waals surface area contributed by atoms with Crippen molar-refractivity contribution < 1.29 is 0 Å². The number of hydrogen-bond acceptors (Lipinski definition) is 2. The number of nitrogens with two attached hydrogens (primary N) is 1. The summed E-state index contributed by atoms with van der Waals surface area (Å²) < 4.78 is 0. The van der Waals surface area contributed by atoms with Crippen LogP contribution in [0, 0.1) is 6.92 Å². The minimum absolute atomic E-state index is 0.642. The average molecular weight is 267 g/mol. The molecule has 88 valence electrons. The average Bonchev–Trinajstić information content (AvgIpc) is 2.29. The minimum Gasteiger partial charge on any atom is -0.399 e. The zero-order valence-electron chi connectivity index (χ0n) is 9.30. The van der Waals surface area contributed by atoms with Crippen LogP contribution in [0.25, 0.3) is 0 Å². The van der Waals surface area contributed by atoms with Crippen molar-refractivity contribution in [2.45, 2.75) is 6.92 Å². The van der Waals surface area contributed by atoms with Crippen LogP contribution in [-0.4, -0.2) is 0 Å². The van der Waals surface area contributed by atoms with E-state index in [4.69, 9.17) is 28.9 Å². The van der Waals surface area contributed by atoms with Crippen LogP contribution in [0.2, 0.25) is 10.0 Å². The van der Waals surface area contributed by atoms with Gasteiger partial charge in [0.15, 0.2) is 0 Å². The molecule has 0 aliphatic heterocycles. The second-order valence-electron chi connectivity index (χ2n) is 3.83.